The first-order valence-electron chi connectivity index (χ1n) is 4.79. The van der Waals surface area contributed by atoms with Gasteiger partial charge in [0.15, 0.2) is 0 Å². The van der Waals surface area contributed by atoms with Crippen LogP contribution in [0, 0.1) is 0 Å². The van der Waals surface area contributed by atoms with Gasteiger partial charge >= 0.3 is 0 Å². The molecule has 1 atom stereocenters. The van der Waals surface area contributed by atoms with Gasteiger partial charge in [-0.25, -0.2) is 4.21 Å². The van der Waals surface area contributed by atoms with Crippen LogP contribution in [0.4, 0.5) is 5.69 Å². The van der Waals surface area contributed by atoms with E-state index in [2.05, 4.69) is 4.72 Å². The zero-order chi connectivity index (χ0) is 11.4. The molecular formula is C12H11NO2S. The Morgan fingerprint density at radius 1 is 0.875 bits per heavy atom. The van der Waals surface area contributed by atoms with E-state index in [1.54, 1.807) is 12.1 Å². The van der Waals surface area contributed by atoms with E-state index < -0.39 is 11.3 Å². The van der Waals surface area contributed by atoms with E-state index in [1.165, 1.54) is 0 Å². The van der Waals surface area contributed by atoms with Crippen molar-refractivity contribution in [3.63, 3.8) is 0 Å². The topological polar surface area (TPSA) is 49.3 Å². The maximum atomic E-state index is 10.5. The van der Waals surface area contributed by atoms with Crippen molar-refractivity contribution in [2.75, 3.05) is 4.72 Å². The van der Waals surface area contributed by atoms with Crippen LogP contribution in [0.5, 0.6) is 0 Å². The van der Waals surface area contributed by atoms with Crippen molar-refractivity contribution in [2.24, 2.45) is 0 Å². The van der Waals surface area contributed by atoms with Gasteiger partial charge < -0.3 is 0 Å². The van der Waals surface area contributed by atoms with Gasteiger partial charge in [0.1, 0.15) is 0 Å². The molecule has 1 unspecified atom stereocenters. The van der Waals surface area contributed by atoms with Gasteiger partial charge in [-0.15, -0.1) is 0 Å². The zero-order valence-electron chi connectivity index (χ0n) is 8.46. The summed E-state index contributed by atoms with van der Waals surface area (Å²) in [6.45, 7) is 0. The predicted octanol–water partition coefficient (Wildman–Crippen LogP) is 2.90. The number of hydrogen-bond acceptors (Lipinski definition) is 1. The number of rotatable bonds is 3. The third-order valence-corrected chi connectivity index (χ3v) is 2.61. The molecule has 0 aliphatic rings. The fourth-order valence-electron chi connectivity index (χ4n) is 1.46. The van der Waals surface area contributed by atoms with Crippen molar-refractivity contribution >= 4 is 17.0 Å². The summed E-state index contributed by atoms with van der Waals surface area (Å²) in [6, 6.07) is 17.3. The minimum Gasteiger partial charge on any atom is -0.289 e. The molecule has 0 aromatic heterocycles. The van der Waals surface area contributed by atoms with Crippen LogP contribution in [0.1, 0.15) is 0 Å². The lowest BCUT2D eigenvalue weighted by Gasteiger charge is -2.04. The smallest absolute Gasteiger partial charge is 0.259 e. The molecule has 2 aromatic rings. The van der Waals surface area contributed by atoms with Gasteiger partial charge in [0.2, 0.25) is 0 Å². The number of benzene rings is 2. The lowest BCUT2D eigenvalue weighted by atomic mass is 10.1. The lowest BCUT2D eigenvalue weighted by Crippen LogP contribution is -2.01. The number of nitrogens with one attached hydrogen (secondary N) is 1. The molecule has 2 aromatic carbocycles. The fourth-order valence-corrected chi connectivity index (χ4v) is 1.80. The normalized spacial score (nSPS) is 12.1. The molecule has 16 heavy (non-hydrogen) atoms. The second kappa shape index (κ2) is 4.92. The zero-order valence-corrected chi connectivity index (χ0v) is 9.28. The Labute approximate surface area is 96.6 Å². The molecule has 4 heteroatoms. The molecule has 0 spiro atoms. The van der Waals surface area contributed by atoms with E-state index in [-0.39, 0.29) is 0 Å². The first-order valence-corrected chi connectivity index (χ1v) is 5.89. The van der Waals surface area contributed by atoms with Crippen molar-refractivity contribution < 1.29 is 8.76 Å². The van der Waals surface area contributed by atoms with Gasteiger partial charge in [0, 0.05) is 5.69 Å². The van der Waals surface area contributed by atoms with Crippen LogP contribution < -0.4 is 4.72 Å². The van der Waals surface area contributed by atoms with E-state index in [4.69, 9.17) is 4.55 Å². The third kappa shape index (κ3) is 2.68. The fraction of sp³-hybridized carbons (Fsp3) is 0. The van der Waals surface area contributed by atoms with Crippen molar-refractivity contribution in [3.05, 3.63) is 54.6 Å². The summed E-state index contributed by atoms with van der Waals surface area (Å²) in [5.74, 6) is 0. The molecular weight excluding hydrogens is 222 g/mol. The summed E-state index contributed by atoms with van der Waals surface area (Å²) in [5.41, 5.74) is 2.83. The van der Waals surface area contributed by atoms with Gasteiger partial charge in [0.05, 0.1) is 0 Å². The van der Waals surface area contributed by atoms with E-state index in [0.29, 0.717) is 5.69 Å². The van der Waals surface area contributed by atoms with Gasteiger partial charge in [-0.05, 0) is 23.3 Å². The average molecular weight is 233 g/mol. The minimum atomic E-state index is -2.02. The Balaban J connectivity index is 2.23. The van der Waals surface area contributed by atoms with E-state index in [1.807, 2.05) is 42.5 Å². The van der Waals surface area contributed by atoms with Crippen molar-refractivity contribution in [3.8, 4) is 11.1 Å². The molecule has 2 rings (SSSR count). The molecule has 0 saturated heterocycles. The summed E-state index contributed by atoms with van der Waals surface area (Å²) in [5, 5.41) is 0. The third-order valence-electron chi connectivity index (χ3n) is 2.20. The Hall–Kier alpha value is -1.65. The second-order valence-corrected chi connectivity index (χ2v) is 4.00. The van der Waals surface area contributed by atoms with Crippen LogP contribution in [0.25, 0.3) is 11.1 Å². The summed E-state index contributed by atoms with van der Waals surface area (Å²) >= 11 is -2.02. The molecule has 0 aliphatic carbocycles. The molecule has 0 aliphatic heterocycles. The molecule has 0 amide bonds. The van der Waals surface area contributed by atoms with Gasteiger partial charge in [-0.3, -0.25) is 9.27 Å². The quantitative estimate of drug-likeness (QED) is 0.801. The van der Waals surface area contributed by atoms with Crippen LogP contribution in [0.2, 0.25) is 0 Å². The van der Waals surface area contributed by atoms with E-state index in [9.17, 15) is 4.21 Å². The van der Waals surface area contributed by atoms with Gasteiger partial charge in [-0.2, -0.15) is 0 Å². The van der Waals surface area contributed by atoms with E-state index >= 15 is 0 Å². The predicted molar refractivity (Wildman–Crippen MR) is 66.3 cm³/mol. The second-order valence-electron chi connectivity index (χ2n) is 3.29. The standard InChI is InChI=1S/C12H11NO2S/c14-16(15)13-12-8-6-11(7-9-12)10-4-2-1-3-5-10/h1-9,13H,(H,14,15). The number of anilines is 1. The highest BCUT2D eigenvalue weighted by Gasteiger charge is 1.98. The number of hydrogen-bond donors (Lipinski definition) is 2. The molecule has 0 radical (unpaired) electrons. The highest BCUT2D eigenvalue weighted by atomic mass is 32.2. The largest absolute Gasteiger partial charge is 0.289 e. The SMILES string of the molecule is O=S(O)Nc1ccc(-c2ccccc2)cc1. The summed E-state index contributed by atoms with van der Waals surface area (Å²) < 4.78 is 21.6. The first-order chi connectivity index (χ1) is 7.75. The van der Waals surface area contributed by atoms with Gasteiger partial charge in [-0.1, -0.05) is 42.5 Å². The first kappa shape index (κ1) is 10.9. The molecule has 0 saturated carbocycles. The van der Waals surface area contributed by atoms with Crippen LogP contribution in [-0.2, 0) is 11.3 Å². The van der Waals surface area contributed by atoms with Crippen LogP contribution >= 0.6 is 0 Å². The molecule has 0 fully saturated rings. The Bertz CT molecular complexity index is 482. The maximum Gasteiger partial charge on any atom is 0.259 e. The van der Waals surface area contributed by atoms with Crippen LogP contribution in [-0.4, -0.2) is 8.76 Å². The molecule has 0 bridgehead atoms. The highest BCUT2D eigenvalue weighted by molar-refractivity contribution is 7.80. The summed E-state index contributed by atoms with van der Waals surface area (Å²) in [4.78, 5) is 0. The minimum absolute atomic E-state index is 0.625. The van der Waals surface area contributed by atoms with Crippen molar-refractivity contribution in [1.82, 2.24) is 0 Å². The summed E-state index contributed by atoms with van der Waals surface area (Å²) in [6.07, 6.45) is 0. The molecule has 3 nitrogen and oxygen atoms in total. The molecule has 0 heterocycles. The van der Waals surface area contributed by atoms with Crippen molar-refractivity contribution in [1.29, 1.82) is 0 Å². The average Bonchev–Trinajstić information content (AvgIpc) is 2.30. The van der Waals surface area contributed by atoms with Gasteiger partial charge in [0.25, 0.3) is 11.3 Å². The van der Waals surface area contributed by atoms with Crippen LogP contribution in [0.15, 0.2) is 54.6 Å². The monoisotopic (exact) mass is 233 g/mol. The maximum absolute atomic E-state index is 10.5. The van der Waals surface area contributed by atoms with E-state index in [0.717, 1.165) is 11.1 Å². The Morgan fingerprint density at radius 3 is 2.00 bits per heavy atom. The Morgan fingerprint density at radius 2 is 1.44 bits per heavy atom. The Kier molecular flexibility index (Phi) is 3.34. The lowest BCUT2D eigenvalue weighted by molar-refractivity contribution is 0.570. The van der Waals surface area contributed by atoms with Crippen LogP contribution in [0.3, 0.4) is 0 Å². The highest BCUT2D eigenvalue weighted by Crippen LogP contribution is 2.20. The summed E-state index contributed by atoms with van der Waals surface area (Å²) in [7, 11) is 0. The van der Waals surface area contributed by atoms with Crippen molar-refractivity contribution in [2.45, 2.75) is 0 Å². The molecule has 82 valence electrons. The molecule has 2 N–H and O–H groups in total.